The summed E-state index contributed by atoms with van der Waals surface area (Å²) in [7, 11) is 0. The quantitative estimate of drug-likeness (QED) is 0.757. The molecule has 1 aliphatic rings. The lowest BCUT2D eigenvalue weighted by molar-refractivity contribution is -0.136. The molecule has 1 atom stereocenters. The minimum atomic E-state index is -0.824. The molecule has 1 fully saturated rings. The molecule has 0 spiro atoms. The van der Waals surface area contributed by atoms with Gasteiger partial charge in [-0.25, -0.2) is 4.98 Å². The van der Waals surface area contributed by atoms with Crippen molar-refractivity contribution in [1.82, 2.24) is 4.98 Å². The Hall–Kier alpha value is -0.590. The lowest BCUT2D eigenvalue weighted by atomic mass is 10.0. The zero-order valence-electron chi connectivity index (χ0n) is 11.7. The second kappa shape index (κ2) is 7.43. The monoisotopic (exact) mass is 315 g/mol. The fourth-order valence-electron chi connectivity index (χ4n) is 2.63. The third-order valence-corrected chi connectivity index (χ3v) is 6.11. The summed E-state index contributed by atoms with van der Waals surface area (Å²) in [4.78, 5) is 15.9. The highest BCUT2D eigenvalue weighted by molar-refractivity contribution is 8.01. The van der Waals surface area contributed by atoms with Gasteiger partial charge in [-0.1, -0.05) is 37.4 Å². The molecule has 6 heteroatoms. The summed E-state index contributed by atoms with van der Waals surface area (Å²) >= 11 is 2.97. The first-order chi connectivity index (χ1) is 9.54. The Bertz CT molecular complexity index is 455. The minimum Gasteiger partial charge on any atom is -0.481 e. The van der Waals surface area contributed by atoms with E-state index in [-0.39, 0.29) is 12.5 Å². The van der Waals surface area contributed by atoms with Crippen molar-refractivity contribution >= 4 is 29.1 Å². The normalized spacial score (nSPS) is 17.5. The largest absolute Gasteiger partial charge is 0.481 e. The maximum atomic E-state index is 10.7. The van der Waals surface area contributed by atoms with E-state index in [2.05, 4.69) is 4.98 Å². The number of thioether (sulfide) groups is 1. The van der Waals surface area contributed by atoms with E-state index in [1.54, 1.807) is 0 Å². The van der Waals surface area contributed by atoms with E-state index >= 15 is 0 Å². The number of carboxylic acid groups (broad SMARTS) is 1. The van der Waals surface area contributed by atoms with E-state index in [1.165, 1.54) is 48.8 Å². The third kappa shape index (κ3) is 4.75. The van der Waals surface area contributed by atoms with Crippen LogP contribution in [0.4, 0.5) is 0 Å². The molecule has 20 heavy (non-hydrogen) atoms. The molecule has 2 rings (SSSR count). The molecule has 1 aromatic rings. The molecular weight excluding hydrogens is 294 g/mol. The maximum Gasteiger partial charge on any atom is 0.308 e. The first-order valence-electron chi connectivity index (χ1n) is 7.03. The van der Waals surface area contributed by atoms with Crippen LogP contribution < -0.4 is 0 Å². The number of carbonyl (C=O) groups is 1. The lowest BCUT2D eigenvalue weighted by Gasteiger charge is -2.14. The lowest BCUT2D eigenvalue weighted by Crippen LogP contribution is -2.14. The van der Waals surface area contributed by atoms with Gasteiger partial charge >= 0.3 is 5.97 Å². The van der Waals surface area contributed by atoms with E-state index in [9.17, 15) is 9.90 Å². The SMILES string of the molecule is Cc1nc(SCC(O)CC2CCCC2)sc1CC(=O)O. The van der Waals surface area contributed by atoms with Gasteiger partial charge in [0.05, 0.1) is 18.2 Å². The molecule has 1 aromatic heterocycles. The molecule has 4 nitrogen and oxygen atoms in total. The van der Waals surface area contributed by atoms with Crippen molar-refractivity contribution in [2.75, 3.05) is 5.75 Å². The number of hydrogen-bond acceptors (Lipinski definition) is 5. The van der Waals surface area contributed by atoms with Crippen LogP contribution >= 0.6 is 23.1 Å². The smallest absolute Gasteiger partial charge is 0.308 e. The number of aliphatic carboxylic acids is 1. The highest BCUT2D eigenvalue weighted by Gasteiger charge is 2.19. The molecule has 0 radical (unpaired) electrons. The topological polar surface area (TPSA) is 70.4 Å². The second-order valence-corrected chi connectivity index (χ2v) is 7.76. The second-order valence-electron chi connectivity index (χ2n) is 5.41. The van der Waals surface area contributed by atoms with Crippen LogP contribution in [0.25, 0.3) is 0 Å². The predicted octanol–water partition coefficient (Wildman–Crippen LogP) is 3.11. The predicted molar refractivity (Wildman–Crippen MR) is 81.5 cm³/mol. The number of hydrogen-bond donors (Lipinski definition) is 2. The van der Waals surface area contributed by atoms with Crippen molar-refractivity contribution in [1.29, 1.82) is 0 Å². The first kappa shape index (κ1) is 15.8. The average Bonchev–Trinajstić information content (AvgIpc) is 2.97. The number of carboxylic acids is 1. The highest BCUT2D eigenvalue weighted by Crippen LogP contribution is 2.32. The van der Waals surface area contributed by atoms with E-state index in [4.69, 9.17) is 5.11 Å². The van der Waals surface area contributed by atoms with Crippen molar-refractivity contribution in [3.63, 3.8) is 0 Å². The van der Waals surface area contributed by atoms with Gasteiger partial charge < -0.3 is 10.2 Å². The van der Waals surface area contributed by atoms with Crippen molar-refractivity contribution in [2.24, 2.45) is 5.92 Å². The fraction of sp³-hybridized carbons (Fsp3) is 0.714. The molecule has 0 aromatic carbocycles. The number of nitrogens with zero attached hydrogens (tertiary/aromatic N) is 1. The number of rotatable bonds is 7. The standard InChI is InChI=1S/C14H21NO3S2/c1-9-12(7-13(17)18)20-14(15-9)19-8-11(16)6-10-4-2-3-5-10/h10-11,16H,2-8H2,1H3,(H,17,18). The Morgan fingerprint density at radius 3 is 2.85 bits per heavy atom. The molecule has 2 N–H and O–H groups in total. The van der Waals surface area contributed by atoms with Crippen LogP contribution in [0.1, 0.15) is 42.7 Å². The van der Waals surface area contributed by atoms with Crippen LogP contribution in [0.15, 0.2) is 4.34 Å². The molecule has 0 aliphatic heterocycles. The number of thiazole rings is 1. The fourth-order valence-corrected chi connectivity index (χ4v) is 4.83. The van der Waals surface area contributed by atoms with Gasteiger partial charge in [0.1, 0.15) is 4.34 Å². The molecule has 0 saturated heterocycles. The molecule has 1 aliphatic carbocycles. The number of aromatic nitrogens is 1. The number of aliphatic hydroxyl groups is 1. The highest BCUT2D eigenvalue weighted by atomic mass is 32.2. The van der Waals surface area contributed by atoms with Crippen LogP contribution in [0.3, 0.4) is 0 Å². The van der Waals surface area contributed by atoms with E-state index < -0.39 is 5.97 Å². The van der Waals surface area contributed by atoms with E-state index in [0.29, 0.717) is 11.7 Å². The summed E-state index contributed by atoms with van der Waals surface area (Å²) in [6.45, 7) is 1.84. The third-order valence-electron chi connectivity index (χ3n) is 3.66. The van der Waals surface area contributed by atoms with Crippen LogP contribution in [0.5, 0.6) is 0 Å². The van der Waals surface area contributed by atoms with Crippen molar-refractivity contribution in [3.8, 4) is 0 Å². The Morgan fingerprint density at radius 2 is 2.20 bits per heavy atom. The molecule has 1 heterocycles. The van der Waals surface area contributed by atoms with Gasteiger partial charge in [-0.05, 0) is 19.3 Å². The molecule has 1 saturated carbocycles. The Labute approximate surface area is 127 Å². The van der Waals surface area contributed by atoms with Gasteiger partial charge in [0, 0.05) is 10.6 Å². The van der Waals surface area contributed by atoms with Crippen LogP contribution in [0.2, 0.25) is 0 Å². The van der Waals surface area contributed by atoms with E-state index in [0.717, 1.165) is 21.3 Å². The maximum absolute atomic E-state index is 10.7. The number of aliphatic hydroxyl groups excluding tert-OH is 1. The zero-order valence-corrected chi connectivity index (χ0v) is 13.3. The Balaban J connectivity index is 1.79. The average molecular weight is 315 g/mol. The summed E-state index contributed by atoms with van der Waals surface area (Å²) in [6.07, 6.45) is 5.74. The Morgan fingerprint density at radius 1 is 1.50 bits per heavy atom. The molecule has 1 unspecified atom stereocenters. The van der Waals surface area contributed by atoms with Crippen molar-refractivity contribution < 1.29 is 15.0 Å². The van der Waals surface area contributed by atoms with Gasteiger partial charge in [-0.2, -0.15) is 0 Å². The van der Waals surface area contributed by atoms with Gasteiger partial charge in [-0.3, -0.25) is 4.79 Å². The van der Waals surface area contributed by atoms with E-state index in [1.807, 2.05) is 6.92 Å². The summed E-state index contributed by atoms with van der Waals surface area (Å²) in [5.41, 5.74) is 0.796. The van der Waals surface area contributed by atoms with Crippen LogP contribution in [0, 0.1) is 12.8 Å². The number of aryl methyl sites for hydroxylation is 1. The van der Waals surface area contributed by atoms with Crippen molar-refractivity contribution in [2.45, 2.75) is 55.9 Å². The summed E-state index contributed by atoms with van der Waals surface area (Å²) < 4.78 is 0.865. The van der Waals surface area contributed by atoms with Crippen LogP contribution in [-0.4, -0.2) is 33.0 Å². The summed E-state index contributed by atoms with van der Waals surface area (Å²) in [6, 6.07) is 0. The van der Waals surface area contributed by atoms with Gasteiger partial charge in [0.15, 0.2) is 0 Å². The van der Waals surface area contributed by atoms with Gasteiger partial charge in [0.25, 0.3) is 0 Å². The first-order valence-corrected chi connectivity index (χ1v) is 8.83. The van der Waals surface area contributed by atoms with Gasteiger partial charge in [0.2, 0.25) is 0 Å². The molecule has 0 amide bonds. The molecule has 0 bridgehead atoms. The summed E-state index contributed by atoms with van der Waals surface area (Å²) in [5.74, 6) is 0.511. The zero-order chi connectivity index (χ0) is 14.5. The molecule has 112 valence electrons. The van der Waals surface area contributed by atoms with Crippen LogP contribution in [-0.2, 0) is 11.2 Å². The minimum absolute atomic E-state index is 0.0364. The Kier molecular flexibility index (Phi) is 5.86. The van der Waals surface area contributed by atoms with Crippen molar-refractivity contribution in [3.05, 3.63) is 10.6 Å². The molecular formula is C14H21NO3S2. The van der Waals surface area contributed by atoms with Gasteiger partial charge in [-0.15, -0.1) is 11.3 Å². The summed E-state index contributed by atoms with van der Waals surface area (Å²) in [5, 5.41) is 18.9.